The second-order valence-corrected chi connectivity index (χ2v) is 4.54. The molecule has 0 saturated carbocycles. The number of aryl methyl sites for hydroxylation is 1. The van der Waals surface area contributed by atoms with E-state index in [0.717, 1.165) is 12.1 Å². The number of rotatable bonds is 10. The minimum atomic E-state index is 1.08. The summed E-state index contributed by atoms with van der Waals surface area (Å²) in [6.45, 7) is 2.27. The highest BCUT2D eigenvalue weighted by molar-refractivity contribution is 4.89. The molecule has 1 aromatic heterocycles. The van der Waals surface area contributed by atoms with Crippen molar-refractivity contribution >= 4 is 0 Å². The van der Waals surface area contributed by atoms with E-state index < -0.39 is 0 Å². The van der Waals surface area contributed by atoms with E-state index >= 15 is 0 Å². The fourth-order valence-electron chi connectivity index (χ4n) is 1.96. The third kappa shape index (κ3) is 6.59. The summed E-state index contributed by atoms with van der Waals surface area (Å²) in [5, 5.41) is 10.4. The summed E-state index contributed by atoms with van der Waals surface area (Å²) in [5.41, 5.74) is 1.10. The molecule has 0 amide bonds. The Hall–Kier alpha value is -0.860. The average molecular weight is 223 g/mol. The second-order valence-electron chi connectivity index (χ2n) is 4.54. The molecule has 0 bridgehead atoms. The minimum Gasteiger partial charge on any atom is -0.265 e. The van der Waals surface area contributed by atoms with Gasteiger partial charge in [0.1, 0.15) is 0 Å². The zero-order valence-corrected chi connectivity index (χ0v) is 10.5. The number of nitrogens with one attached hydrogen (secondary N) is 1. The van der Waals surface area contributed by atoms with E-state index in [4.69, 9.17) is 0 Å². The van der Waals surface area contributed by atoms with Crippen molar-refractivity contribution in [1.29, 1.82) is 0 Å². The highest BCUT2D eigenvalue weighted by Gasteiger charge is 1.96. The van der Waals surface area contributed by atoms with Crippen LogP contribution in [0.4, 0.5) is 0 Å². The maximum Gasteiger partial charge on any atom is 0.0824 e. The molecule has 0 aliphatic carbocycles. The van der Waals surface area contributed by atoms with E-state index in [2.05, 4.69) is 22.3 Å². The Balaban J connectivity index is 1.78. The number of unbranched alkanes of at least 4 members (excludes halogenated alkanes) is 8. The molecule has 0 aliphatic rings. The summed E-state index contributed by atoms with van der Waals surface area (Å²) in [7, 11) is 0. The molecule has 0 atom stereocenters. The first-order valence-corrected chi connectivity index (χ1v) is 6.79. The maximum atomic E-state index is 3.98. The molecule has 3 nitrogen and oxygen atoms in total. The fourth-order valence-corrected chi connectivity index (χ4v) is 1.96. The van der Waals surface area contributed by atoms with Crippen LogP contribution in [0.2, 0.25) is 0 Å². The van der Waals surface area contributed by atoms with Crippen LogP contribution in [0.3, 0.4) is 0 Å². The maximum absolute atomic E-state index is 3.98. The lowest BCUT2D eigenvalue weighted by atomic mass is 10.1. The topological polar surface area (TPSA) is 41.6 Å². The Morgan fingerprint density at radius 2 is 1.56 bits per heavy atom. The average Bonchev–Trinajstić information content (AvgIpc) is 2.80. The van der Waals surface area contributed by atoms with Crippen molar-refractivity contribution in [3.05, 3.63) is 11.9 Å². The second kappa shape index (κ2) is 9.37. The van der Waals surface area contributed by atoms with Crippen LogP contribution in [0.5, 0.6) is 0 Å². The van der Waals surface area contributed by atoms with Crippen molar-refractivity contribution in [3.63, 3.8) is 0 Å². The zero-order chi connectivity index (χ0) is 11.5. The number of hydrogen-bond acceptors (Lipinski definition) is 2. The fraction of sp³-hybridized carbons (Fsp3) is 0.846. The normalized spacial score (nSPS) is 10.8. The Kier molecular flexibility index (Phi) is 7.74. The first kappa shape index (κ1) is 13.2. The number of aromatic nitrogens is 3. The van der Waals surface area contributed by atoms with Gasteiger partial charge >= 0.3 is 0 Å². The SMILES string of the molecule is CCCCCCCCCCCc1c[nH]nn1. The van der Waals surface area contributed by atoms with Crippen molar-refractivity contribution < 1.29 is 0 Å². The molecular formula is C13H25N3. The summed E-state index contributed by atoms with van der Waals surface area (Å²) in [6.07, 6.45) is 15.4. The minimum absolute atomic E-state index is 1.08. The lowest BCUT2D eigenvalue weighted by Crippen LogP contribution is -1.86. The number of nitrogens with zero attached hydrogens (tertiary/aromatic N) is 2. The smallest absolute Gasteiger partial charge is 0.0824 e. The van der Waals surface area contributed by atoms with Gasteiger partial charge in [-0.05, 0) is 12.8 Å². The Morgan fingerprint density at radius 3 is 2.12 bits per heavy atom. The molecule has 0 fully saturated rings. The van der Waals surface area contributed by atoms with Gasteiger partial charge in [-0.3, -0.25) is 5.10 Å². The summed E-state index contributed by atoms with van der Waals surface area (Å²) in [5.74, 6) is 0. The van der Waals surface area contributed by atoms with E-state index in [1.54, 1.807) is 0 Å². The molecule has 92 valence electrons. The van der Waals surface area contributed by atoms with E-state index in [0.29, 0.717) is 0 Å². The third-order valence-corrected chi connectivity index (χ3v) is 3.00. The van der Waals surface area contributed by atoms with E-state index in [1.165, 1.54) is 57.8 Å². The molecule has 1 heterocycles. The van der Waals surface area contributed by atoms with Gasteiger partial charge in [-0.15, -0.1) is 5.10 Å². The molecule has 0 aromatic carbocycles. The third-order valence-electron chi connectivity index (χ3n) is 3.00. The summed E-state index contributed by atoms with van der Waals surface area (Å²) < 4.78 is 0. The Bertz CT molecular complexity index is 231. The molecular weight excluding hydrogens is 198 g/mol. The highest BCUT2D eigenvalue weighted by atomic mass is 15.3. The molecule has 1 aromatic rings. The van der Waals surface area contributed by atoms with Gasteiger partial charge in [0.25, 0.3) is 0 Å². The van der Waals surface area contributed by atoms with Gasteiger partial charge in [0, 0.05) is 6.20 Å². The quantitative estimate of drug-likeness (QED) is 0.612. The Labute approximate surface area is 99.0 Å². The van der Waals surface area contributed by atoms with Gasteiger partial charge in [0.15, 0.2) is 0 Å². The summed E-state index contributed by atoms with van der Waals surface area (Å²) in [6, 6.07) is 0. The van der Waals surface area contributed by atoms with Gasteiger partial charge in [0.2, 0.25) is 0 Å². The van der Waals surface area contributed by atoms with Gasteiger partial charge in [0.05, 0.1) is 5.69 Å². The molecule has 1 rings (SSSR count). The standard InChI is InChI=1S/C13H25N3/c1-2-3-4-5-6-7-8-9-10-11-13-12-14-16-15-13/h12H,2-11H2,1H3,(H,14,15,16). The van der Waals surface area contributed by atoms with Gasteiger partial charge in [-0.25, -0.2) is 0 Å². The number of H-pyrrole nitrogens is 1. The first-order chi connectivity index (χ1) is 7.93. The molecule has 0 unspecified atom stereocenters. The van der Waals surface area contributed by atoms with Crippen molar-refractivity contribution in [2.45, 2.75) is 71.1 Å². The number of hydrogen-bond donors (Lipinski definition) is 1. The van der Waals surface area contributed by atoms with Crippen molar-refractivity contribution in [1.82, 2.24) is 15.4 Å². The van der Waals surface area contributed by atoms with Crippen molar-refractivity contribution in [2.24, 2.45) is 0 Å². The van der Waals surface area contributed by atoms with E-state index in [-0.39, 0.29) is 0 Å². The highest BCUT2D eigenvalue weighted by Crippen LogP contribution is 2.10. The van der Waals surface area contributed by atoms with Crippen molar-refractivity contribution in [2.75, 3.05) is 0 Å². The van der Waals surface area contributed by atoms with Crippen LogP contribution in [0.25, 0.3) is 0 Å². The monoisotopic (exact) mass is 223 g/mol. The van der Waals surface area contributed by atoms with Crippen LogP contribution in [0.1, 0.15) is 70.4 Å². The molecule has 1 N–H and O–H groups in total. The van der Waals surface area contributed by atoms with E-state index in [1.807, 2.05) is 6.20 Å². The summed E-state index contributed by atoms with van der Waals surface area (Å²) >= 11 is 0. The van der Waals surface area contributed by atoms with Crippen LogP contribution in [-0.4, -0.2) is 15.4 Å². The largest absolute Gasteiger partial charge is 0.265 e. The Morgan fingerprint density at radius 1 is 0.938 bits per heavy atom. The predicted molar refractivity (Wildman–Crippen MR) is 67.3 cm³/mol. The number of aromatic amines is 1. The van der Waals surface area contributed by atoms with Crippen LogP contribution in [-0.2, 0) is 6.42 Å². The lowest BCUT2D eigenvalue weighted by molar-refractivity contribution is 0.563. The van der Waals surface area contributed by atoms with Gasteiger partial charge in [-0.2, -0.15) is 0 Å². The molecule has 0 saturated heterocycles. The lowest BCUT2D eigenvalue weighted by Gasteiger charge is -2.00. The van der Waals surface area contributed by atoms with Gasteiger partial charge < -0.3 is 0 Å². The van der Waals surface area contributed by atoms with Crippen LogP contribution < -0.4 is 0 Å². The summed E-state index contributed by atoms with van der Waals surface area (Å²) in [4.78, 5) is 0. The van der Waals surface area contributed by atoms with Crippen LogP contribution >= 0.6 is 0 Å². The molecule has 0 radical (unpaired) electrons. The zero-order valence-electron chi connectivity index (χ0n) is 10.5. The van der Waals surface area contributed by atoms with Crippen molar-refractivity contribution in [3.8, 4) is 0 Å². The first-order valence-electron chi connectivity index (χ1n) is 6.79. The van der Waals surface area contributed by atoms with E-state index in [9.17, 15) is 0 Å². The molecule has 16 heavy (non-hydrogen) atoms. The molecule has 0 spiro atoms. The predicted octanol–water partition coefficient (Wildman–Crippen LogP) is 3.88. The molecule has 3 heteroatoms. The van der Waals surface area contributed by atoms with Crippen LogP contribution in [0, 0.1) is 0 Å². The molecule has 0 aliphatic heterocycles. The van der Waals surface area contributed by atoms with Crippen LogP contribution in [0.15, 0.2) is 6.20 Å². The van der Waals surface area contributed by atoms with Gasteiger partial charge in [-0.1, -0.05) is 63.5 Å².